The molecule has 2 rings (SSSR count). The predicted octanol–water partition coefficient (Wildman–Crippen LogP) is 0.548. The van der Waals surface area contributed by atoms with E-state index in [9.17, 15) is 9.59 Å². The van der Waals surface area contributed by atoms with Crippen molar-refractivity contribution in [2.75, 3.05) is 7.11 Å². The number of ether oxygens (including phenoxy) is 1. The molecule has 1 saturated carbocycles. The van der Waals surface area contributed by atoms with Crippen molar-refractivity contribution in [3.63, 3.8) is 0 Å². The van der Waals surface area contributed by atoms with Gasteiger partial charge >= 0.3 is 11.7 Å². The molecule has 5 heteroatoms. The maximum atomic E-state index is 11.7. The summed E-state index contributed by atoms with van der Waals surface area (Å²) in [5.41, 5.74) is -0.0265. The standard InChI is InChI=1S/C10H14N2O3/c1-15-9(13)4-5-11-6-7-12(10(11)14)8-2-3-8/h6-8H,2-5H2,1H3. The fourth-order valence-corrected chi connectivity index (χ4v) is 1.54. The maximum absolute atomic E-state index is 11.7. The van der Waals surface area contributed by atoms with Gasteiger partial charge in [-0.15, -0.1) is 0 Å². The van der Waals surface area contributed by atoms with Crippen molar-refractivity contribution in [3.8, 4) is 0 Å². The number of imidazole rings is 1. The summed E-state index contributed by atoms with van der Waals surface area (Å²) >= 11 is 0. The molecule has 0 atom stereocenters. The van der Waals surface area contributed by atoms with E-state index >= 15 is 0 Å². The third-order valence-electron chi connectivity index (χ3n) is 2.60. The second-order valence-corrected chi connectivity index (χ2v) is 3.74. The van der Waals surface area contributed by atoms with Crippen LogP contribution in [0.15, 0.2) is 17.2 Å². The molecule has 0 radical (unpaired) electrons. The lowest BCUT2D eigenvalue weighted by molar-refractivity contribution is -0.140. The number of esters is 1. The van der Waals surface area contributed by atoms with Gasteiger partial charge in [0.15, 0.2) is 0 Å². The number of carbonyl (C=O) groups excluding carboxylic acids is 1. The molecular formula is C10H14N2O3. The van der Waals surface area contributed by atoms with Crippen molar-refractivity contribution >= 4 is 5.97 Å². The lowest BCUT2D eigenvalue weighted by atomic mass is 10.4. The Bertz CT molecular complexity index is 415. The van der Waals surface area contributed by atoms with Crippen LogP contribution in [0.3, 0.4) is 0 Å². The third-order valence-corrected chi connectivity index (χ3v) is 2.60. The van der Waals surface area contributed by atoms with Crippen molar-refractivity contribution in [1.29, 1.82) is 0 Å². The summed E-state index contributed by atoms with van der Waals surface area (Å²) < 4.78 is 7.80. The van der Waals surface area contributed by atoms with Crippen LogP contribution >= 0.6 is 0 Å². The number of aromatic nitrogens is 2. The summed E-state index contributed by atoms with van der Waals surface area (Å²) in [6.07, 6.45) is 5.92. The quantitative estimate of drug-likeness (QED) is 0.682. The Labute approximate surface area is 87.3 Å². The summed E-state index contributed by atoms with van der Waals surface area (Å²) in [6.45, 7) is 0.394. The molecule has 0 aliphatic heterocycles. The molecule has 1 aromatic heterocycles. The Morgan fingerprint density at radius 1 is 1.53 bits per heavy atom. The van der Waals surface area contributed by atoms with Gasteiger partial charge in [0.2, 0.25) is 0 Å². The monoisotopic (exact) mass is 210 g/mol. The molecule has 0 aromatic carbocycles. The van der Waals surface area contributed by atoms with Crippen molar-refractivity contribution in [1.82, 2.24) is 9.13 Å². The minimum Gasteiger partial charge on any atom is -0.469 e. The lowest BCUT2D eigenvalue weighted by Crippen LogP contribution is -2.24. The van der Waals surface area contributed by atoms with Crippen LogP contribution in [0.2, 0.25) is 0 Å². The van der Waals surface area contributed by atoms with E-state index in [0.29, 0.717) is 12.6 Å². The molecule has 1 fully saturated rings. The number of hydrogen-bond donors (Lipinski definition) is 0. The smallest absolute Gasteiger partial charge is 0.328 e. The number of hydrogen-bond acceptors (Lipinski definition) is 3. The summed E-state index contributed by atoms with van der Waals surface area (Å²) in [4.78, 5) is 22.6. The molecule has 1 aromatic rings. The molecule has 0 saturated heterocycles. The average molecular weight is 210 g/mol. The first kappa shape index (κ1) is 10.0. The zero-order valence-corrected chi connectivity index (χ0v) is 8.68. The van der Waals surface area contributed by atoms with Gasteiger partial charge in [0.05, 0.1) is 13.5 Å². The Balaban J connectivity index is 2.02. The number of rotatable bonds is 4. The molecule has 82 valence electrons. The van der Waals surface area contributed by atoms with Gasteiger partial charge in [-0.3, -0.25) is 13.9 Å². The highest BCUT2D eigenvalue weighted by Gasteiger charge is 2.25. The van der Waals surface area contributed by atoms with E-state index in [0.717, 1.165) is 12.8 Å². The van der Waals surface area contributed by atoms with E-state index in [-0.39, 0.29) is 18.1 Å². The van der Waals surface area contributed by atoms with Crippen LogP contribution in [0.4, 0.5) is 0 Å². The SMILES string of the molecule is COC(=O)CCn1ccn(C2CC2)c1=O. The van der Waals surface area contributed by atoms with E-state index in [2.05, 4.69) is 4.74 Å². The van der Waals surface area contributed by atoms with E-state index in [1.54, 1.807) is 21.5 Å². The van der Waals surface area contributed by atoms with Crippen LogP contribution in [-0.2, 0) is 16.1 Å². The molecule has 1 aliphatic rings. The van der Waals surface area contributed by atoms with Crippen molar-refractivity contribution in [2.24, 2.45) is 0 Å². The Hall–Kier alpha value is -1.52. The largest absolute Gasteiger partial charge is 0.469 e. The Kier molecular flexibility index (Phi) is 2.62. The van der Waals surface area contributed by atoms with Crippen molar-refractivity contribution in [3.05, 3.63) is 22.9 Å². The maximum Gasteiger partial charge on any atom is 0.328 e. The third kappa shape index (κ3) is 2.11. The van der Waals surface area contributed by atoms with E-state index in [1.165, 1.54) is 7.11 Å². The van der Waals surface area contributed by atoms with Crippen LogP contribution in [0, 0.1) is 0 Å². The molecule has 15 heavy (non-hydrogen) atoms. The van der Waals surface area contributed by atoms with Gasteiger partial charge in [0.25, 0.3) is 0 Å². The number of carbonyl (C=O) groups is 1. The highest BCUT2D eigenvalue weighted by atomic mass is 16.5. The fourth-order valence-electron chi connectivity index (χ4n) is 1.54. The average Bonchev–Trinajstić information content (AvgIpc) is 3.01. The van der Waals surface area contributed by atoms with Gasteiger partial charge < -0.3 is 4.74 Å². The fraction of sp³-hybridized carbons (Fsp3) is 0.600. The molecule has 5 nitrogen and oxygen atoms in total. The first-order valence-electron chi connectivity index (χ1n) is 5.06. The van der Waals surface area contributed by atoms with E-state index in [1.807, 2.05) is 0 Å². The van der Waals surface area contributed by atoms with Crippen LogP contribution in [0.1, 0.15) is 25.3 Å². The number of methoxy groups -OCH3 is 1. The molecule has 0 N–H and O–H groups in total. The minimum atomic E-state index is -0.291. The second kappa shape index (κ2) is 3.92. The van der Waals surface area contributed by atoms with Gasteiger partial charge in [0, 0.05) is 25.0 Å². The second-order valence-electron chi connectivity index (χ2n) is 3.74. The molecule has 0 bridgehead atoms. The van der Waals surface area contributed by atoms with Gasteiger partial charge in [0.1, 0.15) is 0 Å². The molecule has 0 spiro atoms. The van der Waals surface area contributed by atoms with Crippen molar-refractivity contribution < 1.29 is 9.53 Å². The Morgan fingerprint density at radius 2 is 2.27 bits per heavy atom. The summed E-state index contributed by atoms with van der Waals surface area (Å²) in [5.74, 6) is -0.291. The highest BCUT2D eigenvalue weighted by Crippen LogP contribution is 2.33. The summed E-state index contributed by atoms with van der Waals surface area (Å²) in [7, 11) is 1.35. The number of aryl methyl sites for hydroxylation is 1. The van der Waals surface area contributed by atoms with Gasteiger partial charge in [-0.1, -0.05) is 0 Å². The first-order chi connectivity index (χ1) is 7.22. The van der Waals surface area contributed by atoms with Gasteiger partial charge in [-0.25, -0.2) is 4.79 Å². The first-order valence-corrected chi connectivity index (χ1v) is 5.06. The minimum absolute atomic E-state index is 0.0265. The topological polar surface area (TPSA) is 53.2 Å². The van der Waals surface area contributed by atoms with E-state index < -0.39 is 0 Å². The lowest BCUT2D eigenvalue weighted by Gasteiger charge is -2.00. The molecular weight excluding hydrogens is 196 g/mol. The van der Waals surface area contributed by atoms with Gasteiger partial charge in [-0.2, -0.15) is 0 Å². The molecule has 1 heterocycles. The highest BCUT2D eigenvalue weighted by molar-refractivity contribution is 5.68. The van der Waals surface area contributed by atoms with Crippen LogP contribution in [0.5, 0.6) is 0 Å². The predicted molar refractivity (Wildman–Crippen MR) is 53.6 cm³/mol. The zero-order chi connectivity index (χ0) is 10.8. The van der Waals surface area contributed by atoms with Crippen LogP contribution in [-0.4, -0.2) is 22.2 Å². The zero-order valence-electron chi connectivity index (χ0n) is 8.68. The summed E-state index contributed by atoms with van der Waals surface area (Å²) in [5, 5.41) is 0. The Morgan fingerprint density at radius 3 is 2.87 bits per heavy atom. The van der Waals surface area contributed by atoms with E-state index in [4.69, 9.17) is 0 Å². The van der Waals surface area contributed by atoms with Crippen LogP contribution in [0.25, 0.3) is 0 Å². The van der Waals surface area contributed by atoms with Crippen molar-refractivity contribution in [2.45, 2.75) is 31.8 Å². The molecule has 1 aliphatic carbocycles. The normalized spacial score (nSPS) is 15.3. The number of nitrogens with zero attached hydrogens (tertiary/aromatic N) is 2. The van der Waals surface area contributed by atoms with Crippen LogP contribution < -0.4 is 5.69 Å². The van der Waals surface area contributed by atoms with Gasteiger partial charge in [-0.05, 0) is 12.8 Å². The molecule has 0 amide bonds. The summed E-state index contributed by atoms with van der Waals surface area (Å²) in [6, 6.07) is 0.386. The molecule has 0 unspecified atom stereocenters.